The summed E-state index contributed by atoms with van der Waals surface area (Å²) in [5.74, 6) is 0.871. The van der Waals surface area contributed by atoms with Crippen LogP contribution in [0.2, 0.25) is 0 Å². The molecule has 0 aromatic heterocycles. The fraction of sp³-hybridized carbons (Fsp3) is 0.611. The van der Waals surface area contributed by atoms with E-state index < -0.39 is 0 Å². The lowest BCUT2D eigenvalue weighted by molar-refractivity contribution is -0.124. The number of amides is 1. The molecule has 0 heterocycles. The zero-order valence-electron chi connectivity index (χ0n) is 12.9. The number of carbonyl (C=O) groups excluding carboxylic acids is 1. The molecule has 2 aliphatic carbocycles. The zero-order chi connectivity index (χ0) is 14.9. The summed E-state index contributed by atoms with van der Waals surface area (Å²) < 4.78 is 0. The minimum absolute atomic E-state index is 0.213. The quantitative estimate of drug-likeness (QED) is 0.834. The van der Waals surface area contributed by atoms with E-state index in [4.69, 9.17) is 5.73 Å². The molecule has 0 radical (unpaired) electrons. The summed E-state index contributed by atoms with van der Waals surface area (Å²) in [6, 6.07) is 8.10. The summed E-state index contributed by atoms with van der Waals surface area (Å²) in [4.78, 5) is 12.7. The Morgan fingerprint density at radius 3 is 2.38 bits per heavy atom. The van der Waals surface area contributed by atoms with Gasteiger partial charge in [-0.05, 0) is 56.2 Å². The molecule has 0 bridgehead atoms. The molecule has 2 saturated carbocycles. The molecule has 0 aliphatic heterocycles. The Bertz CT molecular complexity index is 498. The summed E-state index contributed by atoms with van der Waals surface area (Å²) in [6.07, 6.45) is 8.42. The van der Waals surface area contributed by atoms with Crippen molar-refractivity contribution in [3.63, 3.8) is 0 Å². The molecule has 0 saturated heterocycles. The Morgan fingerprint density at radius 1 is 1.19 bits per heavy atom. The molecule has 21 heavy (non-hydrogen) atoms. The number of carbonyl (C=O) groups is 1. The molecule has 114 valence electrons. The van der Waals surface area contributed by atoms with Gasteiger partial charge in [0.05, 0.1) is 5.41 Å². The molecule has 0 spiro atoms. The van der Waals surface area contributed by atoms with Crippen LogP contribution in [-0.4, -0.2) is 11.9 Å². The van der Waals surface area contributed by atoms with Gasteiger partial charge in [0, 0.05) is 11.7 Å². The van der Waals surface area contributed by atoms with Crippen LogP contribution in [0.25, 0.3) is 0 Å². The third kappa shape index (κ3) is 2.92. The summed E-state index contributed by atoms with van der Waals surface area (Å²) >= 11 is 0. The van der Waals surface area contributed by atoms with Crippen molar-refractivity contribution < 1.29 is 4.79 Å². The molecular weight excluding hydrogens is 260 g/mol. The zero-order valence-corrected chi connectivity index (χ0v) is 12.9. The van der Waals surface area contributed by atoms with Crippen molar-refractivity contribution in [2.24, 2.45) is 5.92 Å². The third-order valence-electron chi connectivity index (χ3n) is 5.36. The number of rotatable bonds is 4. The van der Waals surface area contributed by atoms with Crippen LogP contribution in [0.3, 0.4) is 0 Å². The topological polar surface area (TPSA) is 55.1 Å². The lowest BCUT2D eigenvalue weighted by Crippen LogP contribution is -2.44. The van der Waals surface area contributed by atoms with Crippen LogP contribution >= 0.6 is 0 Å². The highest BCUT2D eigenvalue weighted by Crippen LogP contribution is 2.48. The molecule has 3 N–H and O–H groups in total. The Kier molecular flexibility index (Phi) is 3.92. The molecular formula is C18H26N2O. The lowest BCUT2D eigenvalue weighted by Gasteiger charge is -2.29. The molecule has 2 fully saturated rings. The van der Waals surface area contributed by atoms with E-state index in [0.29, 0.717) is 12.0 Å². The third-order valence-corrected chi connectivity index (χ3v) is 5.36. The van der Waals surface area contributed by atoms with Crippen LogP contribution in [0.4, 0.5) is 5.69 Å². The maximum absolute atomic E-state index is 12.7. The van der Waals surface area contributed by atoms with Gasteiger partial charge in [0.15, 0.2) is 0 Å². The highest BCUT2D eigenvalue weighted by molar-refractivity contribution is 5.91. The van der Waals surface area contributed by atoms with Crippen LogP contribution in [0.5, 0.6) is 0 Å². The van der Waals surface area contributed by atoms with E-state index >= 15 is 0 Å². The Labute approximate surface area is 127 Å². The minimum Gasteiger partial charge on any atom is -0.399 e. The standard InChI is InChI=1S/C18H26N2O/c1-13(14-5-3-2-4-6-14)20-17(21)18(11-12-18)15-7-9-16(19)10-8-15/h7-10,13-14H,2-6,11-12,19H2,1H3,(H,20,21)/t13-/m0/s1. The van der Waals surface area contributed by atoms with E-state index in [9.17, 15) is 4.79 Å². The molecule has 1 amide bonds. The average Bonchev–Trinajstić information content (AvgIpc) is 3.30. The number of anilines is 1. The van der Waals surface area contributed by atoms with Crippen molar-refractivity contribution in [1.29, 1.82) is 0 Å². The molecule has 0 unspecified atom stereocenters. The number of benzene rings is 1. The van der Waals surface area contributed by atoms with Gasteiger partial charge in [-0.25, -0.2) is 0 Å². The fourth-order valence-electron chi connectivity index (χ4n) is 3.67. The SMILES string of the molecule is C[C@H](NC(=O)C1(c2ccc(N)cc2)CC1)C1CCCCC1. The number of nitrogens with two attached hydrogens (primary N) is 1. The van der Waals surface area contributed by atoms with E-state index in [-0.39, 0.29) is 11.3 Å². The molecule has 3 heteroatoms. The maximum atomic E-state index is 12.7. The first-order valence-corrected chi connectivity index (χ1v) is 8.29. The Hall–Kier alpha value is -1.51. The summed E-state index contributed by atoms with van der Waals surface area (Å²) in [5, 5.41) is 3.30. The number of nitrogen functional groups attached to an aromatic ring is 1. The van der Waals surface area contributed by atoms with Crippen LogP contribution in [0.1, 0.15) is 57.4 Å². The maximum Gasteiger partial charge on any atom is 0.230 e. The smallest absolute Gasteiger partial charge is 0.230 e. The van der Waals surface area contributed by atoms with Crippen LogP contribution in [0, 0.1) is 5.92 Å². The first-order valence-electron chi connectivity index (χ1n) is 8.29. The van der Waals surface area contributed by atoms with Gasteiger partial charge in [-0.3, -0.25) is 4.79 Å². The fourth-order valence-corrected chi connectivity index (χ4v) is 3.67. The minimum atomic E-state index is -0.281. The lowest BCUT2D eigenvalue weighted by atomic mass is 9.84. The van der Waals surface area contributed by atoms with Crippen molar-refractivity contribution in [3.05, 3.63) is 29.8 Å². The van der Waals surface area contributed by atoms with Crippen LogP contribution in [-0.2, 0) is 10.2 Å². The highest BCUT2D eigenvalue weighted by Gasteiger charge is 2.51. The van der Waals surface area contributed by atoms with Gasteiger partial charge in [-0.15, -0.1) is 0 Å². The predicted octanol–water partition coefficient (Wildman–Crippen LogP) is 3.39. The molecule has 1 atom stereocenters. The van der Waals surface area contributed by atoms with Gasteiger partial charge in [0.2, 0.25) is 5.91 Å². The van der Waals surface area contributed by atoms with Gasteiger partial charge in [0.1, 0.15) is 0 Å². The first kappa shape index (κ1) is 14.4. The predicted molar refractivity (Wildman–Crippen MR) is 85.9 cm³/mol. The molecule has 3 rings (SSSR count). The molecule has 2 aliphatic rings. The van der Waals surface area contributed by atoms with Crippen molar-refractivity contribution in [2.45, 2.75) is 63.3 Å². The number of hydrogen-bond donors (Lipinski definition) is 2. The second-order valence-corrected chi connectivity index (χ2v) is 6.86. The average molecular weight is 286 g/mol. The van der Waals surface area contributed by atoms with Crippen molar-refractivity contribution in [1.82, 2.24) is 5.32 Å². The van der Waals surface area contributed by atoms with E-state index in [1.165, 1.54) is 32.1 Å². The van der Waals surface area contributed by atoms with Gasteiger partial charge < -0.3 is 11.1 Å². The Balaban J connectivity index is 1.65. The van der Waals surface area contributed by atoms with E-state index in [1.807, 2.05) is 24.3 Å². The van der Waals surface area contributed by atoms with Crippen molar-refractivity contribution in [2.75, 3.05) is 5.73 Å². The largest absolute Gasteiger partial charge is 0.399 e. The normalized spacial score (nSPS) is 22.5. The van der Waals surface area contributed by atoms with E-state index in [1.54, 1.807) is 0 Å². The Morgan fingerprint density at radius 2 is 1.81 bits per heavy atom. The van der Waals surface area contributed by atoms with E-state index in [0.717, 1.165) is 24.1 Å². The molecule has 3 nitrogen and oxygen atoms in total. The van der Waals surface area contributed by atoms with Crippen molar-refractivity contribution in [3.8, 4) is 0 Å². The van der Waals surface area contributed by atoms with Gasteiger partial charge in [-0.1, -0.05) is 31.4 Å². The van der Waals surface area contributed by atoms with Crippen LogP contribution < -0.4 is 11.1 Å². The number of hydrogen-bond acceptors (Lipinski definition) is 2. The van der Waals surface area contributed by atoms with Crippen LogP contribution in [0.15, 0.2) is 24.3 Å². The number of nitrogens with one attached hydrogen (secondary N) is 1. The van der Waals surface area contributed by atoms with E-state index in [2.05, 4.69) is 12.2 Å². The van der Waals surface area contributed by atoms with Gasteiger partial charge >= 0.3 is 0 Å². The molecule has 1 aromatic rings. The summed E-state index contributed by atoms with van der Waals surface area (Å²) in [7, 11) is 0. The van der Waals surface area contributed by atoms with Crippen molar-refractivity contribution >= 4 is 11.6 Å². The first-order chi connectivity index (χ1) is 10.1. The summed E-state index contributed by atoms with van der Waals surface area (Å²) in [5.41, 5.74) is 7.33. The molecule has 1 aromatic carbocycles. The summed E-state index contributed by atoms with van der Waals surface area (Å²) in [6.45, 7) is 2.17. The monoisotopic (exact) mass is 286 g/mol. The second-order valence-electron chi connectivity index (χ2n) is 6.86. The van der Waals surface area contributed by atoms with Gasteiger partial charge in [-0.2, -0.15) is 0 Å². The second kappa shape index (κ2) is 5.70. The van der Waals surface area contributed by atoms with Gasteiger partial charge in [0.25, 0.3) is 0 Å². The highest BCUT2D eigenvalue weighted by atomic mass is 16.2.